The Morgan fingerprint density at radius 2 is 2.25 bits per heavy atom. The molecule has 0 saturated carbocycles. The van der Waals surface area contributed by atoms with E-state index in [-0.39, 0.29) is 0 Å². The van der Waals surface area contributed by atoms with Crippen molar-refractivity contribution < 1.29 is 4.74 Å². The van der Waals surface area contributed by atoms with Crippen LogP contribution in [0.15, 0.2) is 22.7 Å². The maximum Gasteiger partial charge on any atom is 0.0554 e. The SMILES string of the molecule is CC1(CNCc2ccc(Br)c(Cl)c2)COC1. The van der Waals surface area contributed by atoms with E-state index in [1.54, 1.807) is 0 Å². The van der Waals surface area contributed by atoms with Crippen LogP contribution in [0.3, 0.4) is 0 Å². The Kier molecular flexibility index (Phi) is 3.90. The van der Waals surface area contributed by atoms with Crippen molar-refractivity contribution >= 4 is 27.5 Å². The van der Waals surface area contributed by atoms with Gasteiger partial charge in [-0.15, -0.1) is 0 Å². The highest BCUT2D eigenvalue weighted by Gasteiger charge is 2.32. The van der Waals surface area contributed by atoms with Crippen LogP contribution in [0.5, 0.6) is 0 Å². The zero-order valence-corrected chi connectivity index (χ0v) is 11.6. The van der Waals surface area contributed by atoms with E-state index >= 15 is 0 Å². The fourth-order valence-corrected chi connectivity index (χ4v) is 2.16. The zero-order valence-electron chi connectivity index (χ0n) is 9.22. The third-order valence-electron chi connectivity index (χ3n) is 2.77. The van der Waals surface area contributed by atoms with Crippen LogP contribution in [0.1, 0.15) is 12.5 Å². The Morgan fingerprint density at radius 3 is 2.81 bits per heavy atom. The highest BCUT2D eigenvalue weighted by Crippen LogP contribution is 2.26. The predicted octanol–water partition coefficient (Wildman–Crippen LogP) is 3.23. The van der Waals surface area contributed by atoms with E-state index in [1.165, 1.54) is 5.56 Å². The molecule has 16 heavy (non-hydrogen) atoms. The van der Waals surface area contributed by atoms with Crippen molar-refractivity contribution in [1.82, 2.24) is 5.32 Å². The molecule has 2 nitrogen and oxygen atoms in total. The van der Waals surface area contributed by atoms with Gasteiger partial charge in [-0.1, -0.05) is 24.6 Å². The molecule has 0 unspecified atom stereocenters. The molecule has 1 heterocycles. The molecule has 0 bridgehead atoms. The molecular weight excluding hydrogens is 289 g/mol. The average molecular weight is 305 g/mol. The maximum absolute atomic E-state index is 6.03. The van der Waals surface area contributed by atoms with Crippen LogP contribution in [0.25, 0.3) is 0 Å². The molecule has 1 aromatic carbocycles. The van der Waals surface area contributed by atoms with E-state index < -0.39 is 0 Å². The van der Waals surface area contributed by atoms with Crippen molar-refractivity contribution in [3.63, 3.8) is 0 Å². The number of nitrogens with one attached hydrogen (secondary N) is 1. The predicted molar refractivity (Wildman–Crippen MR) is 69.8 cm³/mol. The Bertz CT molecular complexity index is 379. The molecule has 0 spiro atoms. The Morgan fingerprint density at radius 1 is 1.50 bits per heavy atom. The lowest BCUT2D eigenvalue weighted by Gasteiger charge is -2.38. The van der Waals surface area contributed by atoms with Crippen molar-refractivity contribution in [3.8, 4) is 0 Å². The molecule has 0 aromatic heterocycles. The molecule has 0 aliphatic carbocycles. The lowest BCUT2D eigenvalue weighted by molar-refractivity contribution is -0.0991. The summed E-state index contributed by atoms with van der Waals surface area (Å²) in [6, 6.07) is 6.04. The van der Waals surface area contributed by atoms with Gasteiger partial charge in [0.05, 0.1) is 18.2 Å². The largest absolute Gasteiger partial charge is 0.380 e. The summed E-state index contributed by atoms with van der Waals surface area (Å²) in [5.41, 5.74) is 1.52. The second-order valence-electron chi connectivity index (χ2n) is 4.66. The van der Waals surface area contributed by atoms with E-state index in [4.69, 9.17) is 16.3 Å². The summed E-state index contributed by atoms with van der Waals surface area (Å²) in [5, 5.41) is 4.20. The molecule has 0 atom stereocenters. The summed E-state index contributed by atoms with van der Waals surface area (Å²) in [4.78, 5) is 0. The second-order valence-corrected chi connectivity index (χ2v) is 5.92. The van der Waals surface area contributed by atoms with Gasteiger partial charge < -0.3 is 10.1 Å². The number of halogens is 2. The molecule has 1 N–H and O–H groups in total. The van der Waals surface area contributed by atoms with Crippen molar-refractivity contribution in [3.05, 3.63) is 33.3 Å². The Labute approximate surface area is 109 Å². The Hall–Kier alpha value is -0.0900. The van der Waals surface area contributed by atoms with Gasteiger partial charge in [-0.05, 0) is 33.6 Å². The number of hydrogen-bond acceptors (Lipinski definition) is 2. The van der Waals surface area contributed by atoms with Gasteiger partial charge in [-0.3, -0.25) is 0 Å². The molecule has 1 saturated heterocycles. The molecular formula is C12H15BrClNO. The molecule has 0 radical (unpaired) electrons. The average Bonchev–Trinajstić information content (AvgIpc) is 2.21. The second kappa shape index (κ2) is 5.05. The van der Waals surface area contributed by atoms with Crippen molar-refractivity contribution in [2.24, 2.45) is 5.41 Å². The lowest BCUT2D eigenvalue weighted by Crippen LogP contribution is -2.47. The molecule has 2 rings (SSSR count). The summed E-state index contributed by atoms with van der Waals surface area (Å²) in [6.07, 6.45) is 0. The first-order chi connectivity index (χ1) is 7.59. The lowest BCUT2D eigenvalue weighted by atomic mass is 9.89. The number of benzene rings is 1. The van der Waals surface area contributed by atoms with Gasteiger partial charge >= 0.3 is 0 Å². The maximum atomic E-state index is 6.03. The first-order valence-corrected chi connectivity index (χ1v) is 6.49. The quantitative estimate of drug-likeness (QED) is 0.922. The van der Waals surface area contributed by atoms with Gasteiger partial charge in [0.15, 0.2) is 0 Å². The highest BCUT2D eigenvalue weighted by molar-refractivity contribution is 9.10. The van der Waals surface area contributed by atoms with Crippen LogP contribution in [-0.4, -0.2) is 19.8 Å². The van der Waals surface area contributed by atoms with E-state index in [0.717, 1.165) is 35.8 Å². The normalized spacial score (nSPS) is 18.2. The number of hydrogen-bond donors (Lipinski definition) is 1. The van der Waals surface area contributed by atoms with E-state index in [9.17, 15) is 0 Å². The van der Waals surface area contributed by atoms with Gasteiger partial charge in [0, 0.05) is 23.0 Å². The van der Waals surface area contributed by atoms with Crippen molar-refractivity contribution in [2.75, 3.05) is 19.8 Å². The van der Waals surface area contributed by atoms with Crippen molar-refractivity contribution in [2.45, 2.75) is 13.5 Å². The fraction of sp³-hybridized carbons (Fsp3) is 0.500. The van der Waals surface area contributed by atoms with Gasteiger partial charge in [0.25, 0.3) is 0 Å². The van der Waals surface area contributed by atoms with Gasteiger partial charge in [-0.25, -0.2) is 0 Å². The third-order valence-corrected chi connectivity index (χ3v) is 4.00. The van der Waals surface area contributed by atoms with Crippen molar-refractivity contribution in [1.29, 1.82) is 0 Å². The van der Waals surface area contributed by atoms with Gasteiger partial charge in [0.1, 0.15) is 0 Å². The van der Waals surface area contributed by atoms with Crippen LogP contribution < -0.4 is 5.32 Å². The minimum Gasteiger partial charge on any atom is -0.380 e. The topological polar surface area (TPSA) is 21.3 Å². The fourth-order valence-electron chi connectivity index (χ4n) is 1.71. The number of ether oxygens (including phenoxy) is 1. The van der Waals surface area contributed by atoms with Crippen LogP contribution in [-0.2, 0) is 11.3 Å². The van der Waals surface area contributed by atoms with E-state index in [2.05, 4.69) is 34.2 Å². The van der Waals surface area contributed by atoms with E-state index in [1.807, 2.05) is 12.1 Å². The smallest absolute Gasteiger partial charge is 0.0554 e. The summed E-state index contributed by atoms with van der Waals surface area (Å²) in [5.74, 6) is 0. The summed E-state index contributed by atoms with van der Waals surface area (Å²) < 4.78 is 6.15. The van der Waals surface area contributed by atoms with Crippen LogP contribution in [0.4, 0.5) is 0 Å². The van der Waals surface area contributed by atoms with Crippen LogP contribution in [0, 0.1) is 5.41 Å². The molecule has 0 amide bonds. The first-order valence-electron chi connectivity index (χ1n) is 5.31. The standard InChI is InChI=1S/C12H15BrClNO/c1-12(7-16-8-12)6-15-5-9-2-3-10(13)11(14)4-9/h2-4,15H,5-8H2,1H3. The zero-order chi connectivity index (χ0) is 11.6. The molecule has 1 aliphatic rings. The first kappa shape index (κ1) is 12.4. The van der Waals surface area contributed by atoms with Crippen LogP contribution >= 0.6 is 27.5 Å². The summed E-state index contributed by atoms with van der Waals surface area (Å²) in [7, 11) is 0. The van der Waals surface area contributed by atoms with Gasteiger partial charge in [0.2, 0.25) is 0 Å². The highest BCUT2D eigenvalue weighted by atomic mass is 79.9. The third kappa shape index (κ3) is 2.98. The molecule has 1 fully saturated rings. The molecule has 1 aliphatic heterocycles. The number of rotatable bonds is 4. The monoisotopic (exact) mass is 303 g/mol. The van der Waals surface area contributed by atoms with Gasteiger partial charge in [-0.2, -0.15) is 0 Å². The van der Waals surface area contributed by atoms with E-state index in [0.29, 0.717) is 5.41 Å². The molecule has 88 valence electrons. The molecule has 4 heteroatoms. The minimum absolute atomic E-state index is 0.319. The summed E-state index contributed by atoms with van der Waals surface area (Å²) >= 11 is 9.41. The minimum atomic E-state index is 0.319. The molecule has 1 aromatic rings. The summed E-state index contributed by atoms with van der Waals surface area (Å²) in [6.45, 7) is 5.80. The van der Waals surface area contributed by atoms with Crippen LogP contribution in [0.2, 0.25) is 5.02 Å². The Balaban J connectivity index is 1.83.